The molecule has 0 saturated heterocycles. The van der Waals surface area contributed by atoms with Crippen LogP contribution in [0.25, 0.3) is 0 Å². The molecular weight excluding hydrogens is 296 g/mol. The number of unbranched alkanes of at least 4 members (excludes halogenated alkanes) is 14. The van der Waals surface area contributed by atoms with E-state index in [4.69, 9.17) is 5.73 Å². The van der Waals surface area contributed by atoms with Crippen molar-refractivity contribution < 1.29 is 4.65 Å². The van der Waals surface area contributed by atoms with Crippen molar-refractivity contribution in [3.63, 3.8) is 0 Å². The highest BCUT2D eigenvalue weighted by Gasteiger charge is 2.08. The molecule has 146 valence electrons. The molecule has 0 aromatic rings. The topological polar surface area (TPSA) is 49.1 Å². The summed E-state index contributed by atoms with van der Waals surface area (Å²) < 4.78 is -0.102. The van der Waals surface area contributed by atoms with Crippen LogP contribution >= 0.6 is 0 Å². The Kier molecular flexibility index (Phi) is 17.6. The largest absolute Gasteiger partial charge is 0.633 e. The summed E-state index contributed by atoms with van der Waals surface area (Å²) in [6, 6.07) is 0. The Morgan fingerprint density at radius 1 is 0.583 bits per heavy atom. The van der Waals surface area contributed by atoms with Gasteiger partial charge in [-0.05, 0) is 19.4 Å². The number of hydroxylamine groups is 3. The second-order valence-corrected chi connectivity index (χ2v) is 7.84. The lowest BCUT2D eigenvalue weighted by Gasteiger charge is -2.38. The molecule has 0 aliphatic rings. The maximum atomic E-state index is 12.1. The van der Waals surface area contributed by atoms with E-state index < -0.39 is 0 Å². The van der Waals surface area contributed by atoms with Crippen molar-refractivity contribution in [2.24, 2.45) is 5.73 Å². The van der Waals surface area contributed by atoms with Gasteiger partial charge >= 0.3 is 0 Å². The standard InChI is InChI=1S/C21H46N2O/c1-3-4-5-6-7-8-9-10-11-12-13-14-15-16-17-20-23(2,24)21-18-19-22/h3-22H2,1-2H3. The number of nitrogens with two attached hydrogens (primary N) is 1. The zero-order valence-corrected chi connectivity index (χ0v) is 16.9. The maximum absolute atomic E-state index is 12.1. The number of nitrogens with zero attached hydrogens (tertiary/aromatic N) is 1. The first-order valence-electron chi connectivity index (χ1n) is 10.9. The molecule has 1 atom stereocenters. The van der Waals surface area contributed by atoms with Gasteiger partial charge in [-0.1, -0.05) is 90.4 Å². The molecule has 0 spiro atoms. The molecule has 1 unspecified atom stereocenters. The molecule has 0 saturated carbocycles. The molecule has 3 nitrogen and oxygen atoms in total. The van der Waals surface area contributed by atoms with E-state index >= 15 is 0 Å². The van der Waals surface area contributed by atoms with Gasteiger partial charge in [0, 0.05) is 6.42 Å². The summed E-state index contributed by atoms with van der Waals surface area (Å²) in [5, 5.41) is 12.1. The van der Waals surface area contributed by atoms with Crippen LogP contribution < -0.4 is 5.73 Å². The van der Waals surface area contributed by atoms with Crippen molar-refractivity contribution >= 4 is 0 Å². The monoisotopic (exact) mass is 342 g/mol. The van der Waals surface area contributed by atoms with E-state index in [-0.39, 0.29) is 4.65 Å². The molecule has 0 rings (SSSR count). The van der Waals surface area contributed by atoms with Crippen LogP contribution in [0.5, 0.6) is 0 Å². The summed E-state index contributed by atoms with van der Waals surface area (Å²) in [4.78, 5) is 0. The SMILES string of the molecule is CCCCCCCCCCCCCCCCC[N+](C)([O-])CCCN. The zero-order valence-electron chi connectivity index (χ0n) is 16.9. The minimum absolute atomic E-state index is 0.102. The van der Waals surface area contributed by atoms with E-state index in [0.29, 0.717) is 13.1 Å². The lowest BCUT2D eigenvalue weighted by molar-refractivity contribution is -0.861. The van der Waals surface area contributed by atoms with Gasteiger partial charge in [0.05, 0.1) is 20.1 Å². The highest BCUT2D eigenvalue weighted by molar-refractivity contribution is 4.50. The van der Waals surface area contributed by atoms with E-state index in [1.54, 1.807) is 7.05 Å². The van der Waals surface area contributed by atoms with Crippen LogP contribution in [-0.4, -0.2) is 31.3 Å². The van der Waals surface area contributed by atoms with E-state index in [1.165, 1.54) is 89.9 Å². The average molecular weight is 343 g/mol. The van der Waals surface area contributed by atoms with E-state index in [1.807, 2.05) is 0 Å². The van der Waals surface area contributed by atoms with Gasteiger partial charge < -0.3 is 15.6 Å². The highest BCUT2D eigenvalue weighted by Crippen LogP contribution is 2.14. The Labute approximate surface area is 152 Å². The van der Waals surface area contributed by atoms with Crippen molar-refractivity contribution in [2.75, 3.05) is 26.7 Å². The first-order valence-corrected chi connectivity index (χ1v) is 10.9. The van der Waals surface area contributed by atoms with Gasteiger partial charge in [-0.2, -0.15) is 0 Å². The zero-order chi connectivity index (χ0) is 17.9. The van der Waals surface area contributed by atoms with E-state index in [2.05, 4.69) is 6.92 Å². The maximum Gasteiger partial charge on any atom is 0.0794 e. The van der Waals surface area contributed by atoms with Crippen molar-refractivity contribution in [1.29, 1.82) is 0 Å². The third kappa shape index (κ3) is 18.2. The van der Waals surface area contributed by atoms with Crippen LogP contribution in [0.15, 0.2) is 0 Å². The Bertz CT molecular complexity index is 244. The van der Waals surface area contributed by atoms with Crippen molar-refractivity contribution in [3.8, 4) is 0 Å². The number of rotatable bonds is 19. The molecule has 0 radical (unpaired) electrons. The Hall–Kier alpha value is -0.120. The van der Waals surface area contributed by atoms with Crippen LogP contribution in [0, 0.1) is 5.21 Å². The smallest absolute Gasteiger partial charge is 0.0794 e. The summed E-state index contributed by atoms with van der Waals surface area (Å²) in [7, 11) is 1.79. The Morgan fingerprint density at radius 3 is 1.29 bits per heavy atom. The van der Waals surface area contributed by atoms with Crippen LogP contribution in [0.3, 0.4) is 0 Å². The van der Waals surface area contributed by atoms with E-state index in [9.17, 15) is 5.21 Å². The van der Waals surface area contributed by atoms with Gasteiger partial charge in [0.15, 0.2) is 0 Å². The lowest BCUT2D eigenvalue weighted by atomic mass is 10.0. The average Bonchev–Trinajstić information content (AvgIpc) is 2.56. The fourth-order valence-electron chi connectivity index (χ4n) is 3.36. The summed E-state index contributed by atoms with van der Waals surface area (Å²) in [6.45, 7) is 4.35. The summed E-state index contributed by atoms with van der Waals surface area (Å²) in [5.41, 5.74) is 5.47. The molecule has 2 N–H and O–H groups in total. The van der Waals surface area contributed by atoms with Crippen molar-refractivity contribution in [2.45, 2.75) is 110 Å². The summed E-state index contributed by atoms with van der Waals surface area (Å²) in [6.07, 6.45) is 21.4. The summed E-state index contributed by atoms with van der Waals surface area (Å²) in [5.74, 6) is 0. The Morgan fingerprint density at radius 2 is 0.917 bits per heavy atom. The fraction of sp³-hybridized carbons (Fsp3) is 1.00. The molecule has 0 aromatic carbocycles. The molecule has 0 aliphatic carbocycles. The first-order chi connectivity index (χ1) is 11.6. The van der Waals surface area contributed by atoms with Gasteiger partial charge in [-0.3, -0.25) is 0 Å². The molecular formula is C21H46N2O. The second-order valence-electron chi connectivity index (χ2n) is 7.84. The van der Waals surface area contributed by atoms with Gasteiger partial charge in [-0.25, -0.2) is 0 Å². The van der Waals surface area contributed by atoms with Gasteiger partial charge in [0.25, 0.3) is 0 Å². The molecule has 0 aliphatic heterocycles. The van der Waals surface area contributed by atoms with Crippen LogP contribution in [-0.2, 0) is 0 Å². The predicted molar refractivity (Wildman–Crippen MR) is 108 cm³/mol. The van der Waals surface area contributed by atoms with Gasteiger partial charge in [0.1, 0.15) is 0 Å². The fourth-order valence-corrected chi connectivity index (χ4v) is 3.36. The van der Waals surface area contributed by atoms with Gasteiger partial charge in [-0.15, -0.1) is 0 Å². The minimum Gasteiger partial charge on any atom is -0.633 e. The third-order valence-corrected chi connectivity index (χ3v) is 5.07. The molecule has 0 amide bonds. The molecule has 0 fully saturated rings. The normalized spacial score (nSPS) is 14.0. The second kappa shape index (κ2) is 17.7. The Balaban J connectivity index is 3.15. The lowest BCUT2D eigenvalue weighted by Crippen LogP contribution is -2.40. The number of quaternary nitrogens is 1. The number of hydrogen-bond acceptors (Lipinski definition) is 2. The van der Waals surface area contributed by atoms with Gasteiger partial charge in [0.2, 0.25) is 0 Å². The van der Waals surface area contributed by atoms with Crippen LogP contribution in [0.1, 0.15) is 110 Å². The molecule has 3 heteroatoms. The minimum atomic E-state index is -0.102. The van der Waals surface area contributed by atoms with Crippen LogP contribution in [0.4, 0.5) is 0 Å². The number of hydrogen-bond donors (Lipinski definition) is 1. The third-order valence-electron chi connectivity index (χ3n) is 5.07. The van der Waals surface area contributed by atoms with E-state index in [0.717, 1.165) is 19.4 Å². The van der Waals surface area contributed by atoms with Crippen LogP contribution in [0.2, 0.25) is 0 Å². The first kappa shape index (κ1) is 23.9. The predicted octanol–water partition coefficient (Wildman–Crippen LogP) is 6.15. The highest BCUT2D eigenvalue weighted by atomic mass is 16.5. The molecule has 0 heterocycles. The van der Waals surface area contributed by atoms with Crippen molar-refractivity contribution in [1.82, 2.24) is 0 Å². The quantitative estimate of drug-likeness (QED) is 0.174. The summed E-state index contributed by atoms with van der Waals surface area (Å²) >= 11 is 0. The molecule has 0 aromatic heterocycles. The van der Waals surface area contributed by atoms with Crippen molar-refractivity contribution in [3.05, 3.63) is 5.21 Å². The molecule has 24 heavy (non-hydrogen) atoms. The molecule has 0 bridgehead atoms.